The minimum atomic E-state index is -0.356. The lowest BCUT2D eigenvalue weighted by atomic mass is 10.2. The number of hydrogen-bond donors (Lipinski definition) is 0. The molecule has 0 aliphatic heterocycles. The van der Waals surface area contributed by atoms with Crippen LogP contribution >= 0.6 is 11.8 Å². The third-order valence-electron chi connectivity index (χ3n) is 2.41. The number of ether oxygens (including phenoxy) is 2. The van der Waals surface area contributed by atoms with Crippen molar-refractivity contribution in [2.45, 2.75) is 9.92 Å². The number of rotatable bonds is 4. The summed E-state index contributed by atoms with van der Waals surface area (Å²) >= 11 is 1.40. The summed E-state index contributed by atoms with van der Waals surface area (Å²) in [4.78, 5) is 16.8. The fourth-order valence-electron chi connectivity index (χ4n) is 1.51. The number of methoxy groups -OCH3 is 2. The average molecular weight is 275 g/mol. The smallest absolute Gasteiger partial charge is 0.339 e. The molecule has 0 saturated carbocycles. The molecule has 4 nitrogen and oxygen atoms in total. The van der Waals surface area contributed by atoms with Crippen molar-refractivity contribution in [2.75, 3.05) is 14.2 Å². The Bertz CT molecular complexity index is 586. The van der Waals surface area contributed by atoms with Gasteiger partial charge in [-0.25, -0.2) is 9.78 Å². The maximum atomic E-state index is 11.7. The normalized spacial score (nSPS) is 10.0. The van der Waals surface area contributed by atoms with E-state index in [2.05, 4.69) is 4.98 Å². The Labute approximate surface area is 115 Å². The predicted octanol–water partition coefficient (Wildman–Crippen LogP) is 3.03. The van der Waals surface area contributed by atoms with Gasteiger partial charge in [-0.15, -0.1) is 0 Å². The van der Waals surface area contributed by atoms with Crippen LogP contribution in [0.15, 0.2) is 52.4 Å². The van der Waals surface area contributed by atoms with Gasteiger partial charge in [0.25, 0.3) is 0 Å². The van der Waals surface area contributed by atoms with E-state index in [9.17, 15) is 4.79 Å². The molecule has 0 aliphatic carbocycles. The minimum absolute atomic E-state index is 0.356. The highest BCUT2D eigenvalue weighted by Gasteiger charge is 2.12. The van der Waals surface area contributed by atoms with E-state index in [0.29, 0.717) is 11.4 Å². The van der Waals surface area contributed by atoms with E-state index >= 15 is 0 Å². The van der Waals surface area contributed by atoms with Crippen molar-refractivity contribution >= 4 is 17.7 Å². The van der Waals surface area contributed by atoms with E-state index in [0.717, 1.165) is 9.92 Å². The molecule has 1 heterocycles. The zero-order chi connectivity index (χ0) is 13.7. The molecule has 0 N–H and O–H groups in total. The molecule has 0 fully saturated rings. The van der Waals surface area contributed by atoms with E-state index in [1.54, 1.807) is 25.3 Å². The first kappa shape index (κ1) is 13.4. The highest BCUT2D eigenvalue weighted by molar-refractivity contribution is 7.99. The second kappa shape index (κ2) is 6.24. The summed E-state index contributed by atoms with van der Waals surface area (Å²) in [6.45, 7) is 0. The fourth-order valence-corrected chi connectivity index (χ4v) is 2.43. The van der Waals surface area contributed by atoms with Crippen LogP contribution in [0.1, 0.15) is 10.4 Å². The quantitative estimate of drug-likeness (QED) is 0.803. The lowest BCUT2D eigenvalue weighted by Gasteiger charge is -2.07. The van der Waals surface area contributed by atoms with Crippen LogP contribution < -0.4 is 4.74 Å². The number of hydrogen-bond acceptors (Lipinski definition) is 5. The number of benzene rings is 1. The van der Waals surface area contributed by atoms with Crippen LogP contribution in [-0.4, -0.2) is 25.2 Å². The lowest BCUT2D eigenvalue weighted by molar-refractivity contribution is 0.0597. The Morgan fingerprint density at radius 2 is 1.89 bits per heavy atom. The van der Waals surface area contributed by atoms with Crippen LogP contribution in [0.3, 0.4) is 0 Å². The zero-order valence-corrected chi connectivity index (χ0v) is 11.4. The van der Waals surface area contributed by atoms with Crippen LogP contribution in [0.25, 0.3) is 0 Å². The van der Waals surface area contributed by atoms with E-state index in [4.69, 9.17) is 9.47 Å². The van der Waals surface area contributed by atoms with Gasteiger partial charge in [-0.2, -0.15) is 0 Å². The molecule has 2 aromatic rings. The second-order valence-corrected chi connectivity index (χ2v) is 4.67. The summed E-state index contributed by atoms with van der Waals surface area (Å²) < 4.78 is 9.84. The first-order chi connectivity index (χ1) is 9.24. The van der Waals surface area contributed by atoms with Crippen molar-refractivity contribution in [2.24, 2.45) is 0 Å². The van der Waals surface area contributed by atoms with E-state index in [1.165, 1.54) is 18.9 Å². The van der Waals surface area contributed by atoms with Gasteiger partial charge in [0.15, 0.2) is 0 Å². The average Bonchev–Trinajstić information content (AvgIpc) is 2.47. The van der Waals surface area contributed by atoms with Crippen molar-refractivity contribution in [3.63, 3.8) is 0 Å². The molecular formula is C14H13NO3S. The Hall–Kier alpha value is -2.01. The largest absolute Gasteiger partial charge is 0.481 e. The van der Waals surface area contributed by atoms with Crippen LogP contribution in [0.2, 0.25) is 0 Å². The first-order valence-electron chi connectivity index (χ1n) is 5.61. The third kappa shape index (κ3) is 3.26. The summed E-state index contributed by atoms with van der Waals surface area (Å²) in [5, 5.41) is 0.760. The highest BCUT2D eigenvalue weighted by atomic mass is 32.2. The molecule has 98 valence electrons. The van der Waals surface area contributed by atoms with E-state index < -0.39 is 0 Å². The highest BCUT2D eigenvalue weighted by Crippen LogP contribution is 2.30. The van der Waals surface area contributed by atoms with Crippen molar-refractivity contribution in [1.29, 1.82) is 0 Å². The van der Waals surface area contributed by atoms with E-state index in [1.807, 2.05) is 24.3 Å². The number of carbonyl (C=O) groups is 1. The second-order valence-electron chi connectivity index (χ2n) is 3.61. The van der Waals surface area contributed by atoms with Gasteiger partial charge in [-0.3, -0.25) is 0 Å². The first-order valence-corrected chi connectivity index (χ1v) is 6.42. The predicted molar refractivity (Wildman–Crippen MR) is 72.7 cm³/mol. The maximum Gasteiger partial charge on any atom is 0.339 e. The van der Waals surface area contributed by atoms with Gasteiger partial charge in [0, 0.05) is 11.0 Å². The number of esters is 1. The molecule has 19 heavy (non-hydrogen) atoms. The molecule has 0 bridgehead atoms. The summed E-state index contributed by atoms with van der Waals surface area (Å²) in [5.41, 5.74) is 0.527. The lowest BCUT2D eigenvalue weighted by Crippen LogP contribution is -2.02. The van der Waals surface area contributed by atoms with Gasteiger partial charge >= 0.3 is 5.97 Å². The molecule has 1 aromatic carbocycles. The van der Waals surface area contributed by atoms with Gasteiger partial charge in [0.05, 0.1) is 19.8 Å². The van der Waals surface area contributed by atoms with Crippen molar-refractivity contribution < 1.29 is 14.3 Å². The van der Waals surface area contributed by atoms with Gasteiger partial charge in [-0.05, 0) is 18.2 Å². The Balaban J connectivity index is 2.30. The molecular weight excluding hydrogens is 262 g/mol. The summed E-state index contributed by atoms with van der Waals surface area (Å²) in [6, 6.07) is 12.8. The van der Waals surface area contributed by atoms with Crippen LogP contribution in [0.5, 0.6) is 5.88 Å². The number of nitrogens with zero attached hydrogens (tertiary/aromatic N) is 1. The number of aromatic nitrogens is 1. The van der Waals surface area contributed by atoms with Crippen LogP contribution in [0, 0.1) is 0 Å². The minimum Gasteiger partial charge on any atom is -0.481 e. The Morgan fingerprint density at radius 3 is 2.63 bits per heavy atom. The Morgan fingerprint density at radius 1 is 1.11 bits per heavy atom. The standard InChI is InChI=1S/C14H13NO3S/c1-17-12-8-5-9-13(15-12)19-11-7-4-3-6-10(11)14(16)18-2/h3-9H,1-2H3. The van der Waals surface area contributed by atoms with Crippen LogP contribution in [0.4, 0.5) is 0 Å². The fraction of sp³-hybridized carbons (Fsp3) is 0.143. The molecule has 5 heteroatoms. The summed E-state index contributed by atoms with van der Waals surface area (Å²) in [6.07, 6.45) is 0. The molecule has 0 amide bonds. The SMILES string of the molecule is COC(=O)c1ccccc1Sc1cccc(OC)n1. The third-order valence-corrected chi connectivity index (χ3v) is 3.43. The van der Waals surface area contributed by atoms with Crippen LogP contribution in [-0.2, 0) is 4.74 Å². The van der Waals surface area contributed by atoms with Crippen molar-refractivity contribution in [3.8, 4) is 5.88 Å². The molecule has 2 rings (SSSR count). The molecule has 0 unspecified atom stereocenters. The summed E-state index contributed by atoms with van der Waals surface area (Å²) in [5.74, 6) is 0.187. The molecule has 1 aromatic heterocycles. The topological polar surface area (TPSA) is 48.4 Å². The summed E-state index contributed by atoms with van der Waals surface area (Å²) in [7, 11) is 2.94. The van der Waals surface area contributed by atoms with Gasteiger partial charge in [-0.1, -0.05) is 30.0 Å². The van der Waals surface area contributed by atoms with Gasteiger partial charge in [0.1, 0.15) is 5.03 Å². The number of pyridine rings is 1. The van der Waals surface area contributed by atoms with E-state index in [-0.39, 0.29) is 5.97 Å². The van der Waals surface area contributed by atoms with Crippen molar-refractivity contribution in [3.05, 3.63) is 48.0 Å². The Kier molecular flexibility index (Phi) is 4.41. The molecule has 0 atom stereocenters. The van der Waals surface area contributed by atoms with Gasteiger partial charge < -0.3 is 9.47 Å². The number of carbonyl (C=O) groups excluding carboxylic acids is 1. The molecule has 0 saturated heterocycles. The molecule has 0 radical (unpaired) electrons. The van der Waals surface area contributed by atoms with Crippen molar-refractivity contribution in [1.82, 2.24) is 4.98 Å². The monoisotopic (exact) mass is 275 g/mol. The molecule has 0 aliphatic rings. The maximum absolute atomic E-state index is 11.7. The molecule has 0 spiro atoms. The zero-order valence-electron chi connectivity index (χ0n) is 10.6. The van der Waals surface area contributed by atoms with Gasteiger partial charge in [0.2, 0.25) is 5.88 Å².